The molecule has 0 fully saturated rings. The standard InChI is InChI=1S/C20H18ClN5S2/c1-14(15-7-9-16(10-8-15)26-13-22-12-24-26)23-11-18-19(21)25-20(28-18)27-17-5-3-2-4-6-17/h2-10,12-14,23H,11H2,1H3. The summed E-state index contributed by atoms with van der Waals surface area (Å²) < 4.78 is 2.70. The zero-order chi connectivity index (χ0) is 19.3. The smallest absolute Gasteiger partial charge is 0.156 e. The molecule has 0 saturated carbocycles. The summed E-state index contributed by atoms with van der Waals surface area (Å²) in [7, 11) is 0. The molecule has 1 unspecified atom stereocenters. The second-order valence-electron chi connectivity index (χ2n) is 6.14. The number of rotatable bonds is 7. The molecule has 2 aromatic carbocycles. The molecule has 0 amide bonds. The van der Waals surface area contributed by atoms with Crippen LogP contribution in [0.15, 0.2) is 76.5 Å². The first-order chi connectivity index (χ1) is 13.7. The Balaban J connectivity index is 1.37. The summed E-state index contributed by atoms with van der Waals surface area (Å²) in [6.45, 7) is 2.82. The summed E-state index contributed by atoms with van der Waals surface area (Å²) >= 11 is 9.62. The Morgan fingerprint density at radius 2 is 1.93 bits per heavy atom. The van der Waals surface area contributed by atoms with Crippen molar-refractivity contribution in [2.75, 3.05) is 0 Å². The molecular formula is C20H18ClN5S2. The van der Waals surface area contributed by atoms with E-state index in [1.165, 1.54) is 11.9 Å². The molecule has 2 heterocycles. The van der Waals surface area contributed by atoms with Crippen molar-refractivity contribution < 1.29 is 0 Å². The molecule has 0 aliphatic carbocycles. The average Bonchev–Trinajstić information content (AvgIpc) is 3.37. The van der Waals surface area contributed by atoms with Gasteiger partial charge in [-0.15, -0.1) is 11.3 Å². The highest BCUT2D eigenvalue weighted by atomic mass is 35.5. The van der Waals surface area contributed by atoms with Gasteiger partial charge in [0.05, 0.1) is 10.6 Å². The van der Waals surface area contributed by atoms with Crippen LogP contribution in [-0.4, -0.2) is 19.7 Å². The SMILES string of the molecule is CC(NCc1sc(Sc2ccccc2)nc1Cl)c1ccc(-n2cncn2)cc1. The summed E-state index contributed by atoms with van der Waals surface area (Å²) in [4.78, 5) is 10.7. The van der Waals surface area contributed by atoms with E-state index in [0.717, 1.165) is 19.8 Å². The lowest BCUT2D eigenvalue weighted by Gasteiger charge is -2.14. The Kier molecular flexibility index (Phi) is 6.07. The fraction of sp³-hybridized carbons (Fsp3) is 0.150. The van der Waals surface area contributed by atoms with Crippen LogP contribution < -0.4 is 5.32 Å². The Morgan fingerprint density at radius 1 is 1.14 bits per heavy atom. The number of benzene rings is 2. The molecule has 0 aliphatic heterocycles. The number of hydrogen-bond acceptors (Lipinski definition) is 6. The third kappa shape index (κ3) is 4.62. The third-order valence-electron chi connectivity index (χ3n) is 4.22. The lowest BCUT2D eigenvalue weighted by Crippen LogP contribution is -2.17. The largest absolute Gasteiger partial charge is 0.305 e. The summed E-state index contributed by atoms with van der Waals surface area (Å²) in [5, 5.41) is 8.25. The third-order valence-corrected chi connectivity index (χ3v) is 6.77. The van der Waals surface area contributed by atoms with Crippen LogP contribution in [-0.2, 0) is 6.54 Å². The van der Waals surface area contributed by atoms with E-state index >= 15 is 0 Å². The van der Waals surface area contributed by atoms with Gasteiger partial charge in [0.1, 0.15) is 17.8 Å². The molecule has 28 heavy (non-hydrogen) atoms. The fourth-order valence-electron chi connectivity index (χ4n) is 2.68. The van der Waals surface area contributed by atoms with E-state index in [9.17, 15) is 0 Å². The van der Waals surface area contributed by atoms with Crippen molar-refractivity contribution in [1.29, 1.82) is 0 Å². The van der Waals surface area contributed by atoms with Gasteiger partial charge in [0.25, 0.3) is 0 Å². The monoisotopic (exact) mass is 427 g/mol. The van der Waals surface area contributed by atoms with Crippen LogP contribution in [0, 0.1) is 0 Å². The van der Waals surface area contributed by atoms with Crippen LogP contribution in [0.5, 0.6) is 0 Å². The van der Waals surface area contributed by atoms with Gasteiger partial charge in [-0.2, -0.15) is 5.10 Å². The van der Waals surface area contributed by atoms with E-state index in [-0.39, 0.29) is 6.04 Å². The molecule has 0 spiro atoms. The maximum absolute atomic E-state index is 6.35. The first-order valence-corrected chi connectivity index (χ1v) is 10.8. The molecule has 142 valence electrons. The molecule has 1 atom stereocenters. The normalized spacial score (nSPS) is 12.2. The van der Waals surface area contributed by atoms with E-state index in [0.29, 0.717) is 11.7 Å². The first-order valence-electron chi connectivity index (χ1n) is 8.75. The summed E-state index contributed by atoms with van der Waals surface area (Å²) in [6, 6.07) is 18.7. The van der Waals surface area contributed by atoms with Crippen LogP contribution in [0.4, 0.5) is 0 Å². The van der Waals surface area contributed by atoms with E-state index in [2.05, 4.69) is 51.6 Å². The molecule has 4 rings (SSSR count). The fourth-order valence-corrected chi connectivity index (χ4v) is 5.07. The molecule has 2 aromatic heterocycles. The topological polar surface area (TPSA) is 55.6 Å². The zero-order valence-corrected chi connectivity index (χ0v) is 17.5. The predicted octanol–water partition coefficient (Wildman–Crippen LogP) is 5.38. The predicted molar refractivity (Wildman–Crippen MR) is 114 cm³/mol. The Labute approximate surface area is 176 Å². The van der Waals surface area contributed by atoms with Crippen LogP contribution in [0.1, 0.15) is 23.4 Å². The van der Waals surface area contributed by atoms with Crippen LogP contribution >= 0.6 is 34.7 Å². The molecule has 1 N–H and O–H groups in total. The Morgan fingerprint density at radius 3 is 2.64 bits per heavy atom. The van der Waals surface area contributed by atoms with Crippen molar-refractivity contribution in [2.24, 2.45) is 0 Å². The van der Waals surface area contributed by atoms with Crippen molar-refractivity contribution in [3.8, 4) is 5.69 Å². The highest BCUT2D eigenvalue weighted by molar-refractivity contribution is 8.01. The van der Waals surface area contributed by atoms with Crippen molar-refractivity contribution >= 4 is 34.7 Å². The molecule has 4 aromatic rings. The highest BCUT2D eigenvalue weighted by Gasteiger charge is 2.12. The molecule has 8 heteroatoms. The van der Waals surface area contributed by atoms with Gasteiger partial charge in [0.15, 0.2) is 4.34 Å². The number of aromatic nitrogens is 4. The maximum atomic E-state index is 6.35. The molecule has 5 nitrogen and oxygen atoms in total. The minimum Gasteiger partial charge on any atom is -0.305 e. The van der Waals surface area contributed by atoms with E-state index in [4.69, 9.17) is 11.6 Å². The van der Waals surface area contributed by atoms with Gasteiger partial charge >= 0.3 is 0 Å². The summed E-state index contributed by atoms with van der Waals surface area (Å²) in [5.41, 5.74) is 2.19. The van der Waals surface area contributed by atoms with Crippen molar-refractivity contribution in [3.05, 3.63) is 82.8 Å². The average molecular weight is 428 g/mol. The number of hydrogen-bond donors (Lipinski definition) is 1. The number of nitrogens with one attached hydrogen (secondary N) is 1. The van der Waals surface area contributed by atoms with E-state index in [1.54, 1.807) is 34.1 Å². The lowest BCUT2D eigenvalue weighted by molar-refractivity contribution is 0.578. The highest BCUT2D eigenvalue weighted by Crippen LogP contribution is 2.35. The van der Waals surface area contributed by atoms with Gasteiger partial charge in [-0.3, -0.25) is 0 Å². The number of halogens is 1. The Bertz CT molecular complexity index is 1020. The minimum atomic E-state index is 0.188. The van der Waals surface area contributed by atoms with Crippen LogP contribution in [0.25, 0.3) is 5.69 Å². The van der Waals surface area contributed by atoms with Gasteiger partial charge in [-0.05, 0) is 36.8 Å². The van der Waals surface area contributed by atoms with E-state index in [1.807, 2.05) is 30.3 Å². The summed E-state index contributed by atoms with van der Waals surface area (Å²) in [5.74, 6) is 0. The molecule has 0 bridgehead atoms. The van der Waals surface area contributed by atoms with Crippen LogP contribution in [0.3, 0.4) is 0 Å². The zero-order valence-electron chi connectivity index (χ0n) is 15.1. The minimum absolute atomic E-state index is 0.188. The van der Waals surface area contributed by atoms with Gasteiger partial charge in [0.2, 0.25) is 0 Å². The van der Waals surface area contributed by atoms with Gasteiger partial charge in [-0.25, -0.2) is 14.6 Å². The summed E-state index contributed by atoms with van der Waals surface area (Å²) in [6.07, 6.45) is 3.22. The number of thiazole rings is 1. The Hall–Kier alpha value is -2.19. The molecule has 0 saturated heterocycles. The molecule has 0 aliphatic rings. The number of nitrogens with zero attached hydrogens (tertiary/aromatic N) is 4. The maximum Gasteiger partial charge on any atom is 0.156 e. The van der Waals surface area contributed by atoms with Gasteiger partial charge < -0.3 is 5.32 Å². The van der Waals surface area contributed by atoms with Gasteiger partial charge in [0, 0.05) is 17.5 Å². The quantitative estimate of drug-likeness (QED) is 0.429. The molecule has 0 radical (unpaired) electrons. The second kappa shape index (κ2) is 8.87. The second-order valence-corrected chi connectivity index (χ2v) is 8.91. The van der Waals surface area contributed by atoms with Crippen molar-refractivity contribution in [3.63, 3.8) is 0 Å². The molecular weight excluding hydrogens is 410 g/mol. The first kappa shape index (κ1) is 19.1. The van der Waals surface area contributed by atoms with Crippen LogP contribution in [0.2, 0.25) is 5.15 Å². The van der Waals surface area contributed by atoms with E-state index < -0.39 is 0 Å². The van der Waals surface area contributed by atoms with Crippen molar-refractivity contribution in [1.82, 2.24) is 25.1 Å². The lowest BCUT2D eigenvalue weighted by atomic mass is 10.1. The van der Waals surface area contributed by atoms with Gasteiger partial charge in [-0.1, -0.05) is 53.7 Å². The van der Waals surface area contributed by atoms with Crippen molar-refractivity contribution in [2.45, 2.75) is 28.7 Å².